The fraction of sp³-hybridized carbons (Fsp3) is 0.0833. The van der Waals surface area contributed by atoms with Crippen molar-refractivity contribution in [3.8, 4) is 5.75 Å². The number of aromatic nitrogens is 2. The summed E-state index contributed by atoms with van der Waals surface area (Å²) in [5, 5.41) is 7.18. The fourth-order valence-electron chi connectivity index (χ4n) is 2.96. The second-order valence-corrected chi connectivity index (χ2v) is 8.78. The van der Waals surface area contributed by atoms with Crippen molar-refractivity contribution in [2.75, 3.05) is 5.32 Å². The van der Waals surface area contributed by atoms with E-state index in [9.17, 15) is 4.79 Å². The van der Waals surface area contributed by atoms with Crippen LogP contribution in [0.1, 0.15) is 21.5 Å². The number of nitrogens with zero attached hydrogens (tertiary/aromatic N) is 2. The average Bonchev–Trinajstić information content (AvgIpc) is 3.19. The molecule has 31 heavy (non-hydrogen) atoms. The Bertz CT molecular complexity index is 1150. The number of nitrogens with one attached hydrogen (secondary N) is 1. The van der Waals surface area contributed by atoms with Crippen LogP contribution in [0.25, 0.3) is 0 Å². The molecular formula is C24H19Br2N3O2. The summed E-state index contributed by atoms with van der Waals surface area (Å²) in [6.07, 6.45) is 3.68. The maximum absolute atomic E-state index is 12.5. The van der Waals surface area contributed by atoms with Gasteiger partial charge in [-0.25, -0.2) is 0 Å². The number of ether oxygens (including phenoxy) is 1. The zero-order valence-corrected chi connectivity index (χ0v) is 19.6. The maximum atomic E-state index is 12.5. The molecule has 0 aliphatic carbocycles. The SMILES string of the molecule is O=C(Nc1ccc(Cn2cc(Br)cn2)cc1)c1ccc(COc2ccc(Br)cc2)cc1. The van der Waals surface area contributed by atoms with Crippen LogP contribution in [0.2, 0.25) is 0 Å². The summed E-state index contributed by atoms with van der Waals surface area (Å²) >= 11 is 6.80. The third kappa shape index (κ3) is 6.06. The van der Waals surface area contributed by atoms with Gasteiger partial charge in [-0.2, -0.15) is 5.10 Å². The minimum Gasteiger partial charge on any atom is -0.489 e. The van der Waals surface area contributed by atoms with Crippen LogP contribution in [0.5, 0.6) is 5.75 Å². The van der Waals surface area contributed by atoms with E-state index in [0.29, 0.717) is 18.7 Å². The van der Waals surface area contributed by atoms with Gasteiger partial charge in [0, 0.05) is 21.9 Å². The first-order chi connectivity index (χ1) is 15.0. The Labute approximate surface area is 197 Å². The highest BCUT2D eigenvalue weighted by Gasteiger charge is 2.07. The average molecular weight is 541 g/mol. The Morgan fingerprint density at radius 3 is 2.19 bits per heavy atom. The van der Waals surface area contributed by atoms with Crippen LogP contribution in [0, 0.1) is 0 Å². The smallest absolute Gasteiger partial charge is 0.255 e. The molecule has 0 saturated carbocycles. The number of rotatable bonds is 7. The Balaban J connectivity index is 1.31. The van der Waals surface area contributed by atoms with E-state index in [-0.39, 0.29) is 5.91 Å². The van der Waals surface area contributed by atoms with Crippen molar-refractivity contribution in [2.24, 2.45) is 0 Å². The van der Waals surface area contributed by atoms with Gasteiger partial charge < -0.3 is 10.1 Å². The molecule has 1 heterocycles. The van der Waals surface area contributed by atoms with Gasteiger partial charge in [-0.05, 0) is 75.6 Å². The molecule has 156 valence electrons. The predicted molar refractivity (Wildman–Crippen MR) is 128 cm³/mol. The molecule has 0 fully saturated rings. The molecule has 1 N–H and O–H groups in total. The minimum absolute atomic E-state index is 0.149. The van der Waals surface area contributed by atoms with E-state index in [2.05, 4.69) is 42.3 Å². The molecular weight excluding hydrogens is 522 g/mol. The van der Waals surface area contributed by atoms with Crippen molar-refractivity contribution in [1.82, 2.24) is 9.78 Å². The first kappa shape index (κ1) is 21.3. The van der Waals surface area contributed by atoms with Crippen LogP contribution in [-0.4, -0.2) is 15.7 Å². The topological polar surface area (TPSA) is 56.2 Å². The number of halogens is 2. The summed E-state index contributed by atoms with van der Waals surface area (Å²) in [5.41, 5.74) is 3.44. The van der Waals surface area contributed by atoms with E-state index in [0.717, 1.165) is 31.5 Å². The molecule has 0 unspecified atom stereocenters. The lowest BCUT2D eigenvalue weighted by molar-refractivity contribution is 0.102. The molecule has 0 radical (unpaired) electrons. The van der Waals surface area contributed by atoms with Crippen molar-refractivity contribution in [1.29, 1.82) is 0 Å². The van der Waals surface area contributed by atoms with Crippen LogP contribution in [-0.2, 0) is 13.2 Å². The Hall–Kier alpha value is -2.90. The van der Waals surface area contributed by atoms with Crippen LogP contribution < -0.4 is 10.1 Å². The van der Waals surface area contributed by atoms with Gasteiger partial charge >= 0.3 is 0 Å². The van der Waals surface area contributed by atoms with Gasteiger partial charge in [0.1, 0.15) is 12.4 Å². The number of carbonyl (C=O) groups excluding carboxylic acids is 1. The van der Waals surface area contributed by atoms with Gasteiger partial charge in [0.15, 0.2) is 0 Å². The predicted octanol–water partition coefficient (Wildman–Crippen LogP) is 6.29. The highest BCUT2D eigenvalue weighted by atomic mass is 79.9. The monoisotopic (exact) mass is 539 g/mol. The number of amides is 1. The van der Waals surface area contributed by atoms with Crippen molar-refractivity contribution in [3.63, 3.8) is 0 Å². The van der Waals surface area contributed by atoms with Crippen molar-refractivity contribution in [3.05, 3.63) is 111 Å². The van der Waals surface area contributed by atoms with Crippen LogP contribution in [0.3, 0.4) is 0 Å². The maximum Gasteiger partial charge on any atom is 0.255 e. The van der Waals surface area contributed by atoms with Gasteiger partial charge in [0.05, 0.1) is 17.2 Å². The third-order valence-corrected chi connectivity index (χ3v) is 5.53. The number of anilines is 1. The van der Waals surface area contributed by atoms with Crippen LogP contribution in [0.4, 0.5) is 5.69 Å². The zero-order chi connectivity index (χ0) is 21.6. The molecule has 3 aromatic carbocycles. The summed E-state index contributed by atoms with van der Waals surface area (Å²) < 4.78 is 9.57. The van der Waals surface area contributed by atoms with Gasteiger partial charge in [0.25, 0.3) is 5.91 Å². The molecule has 1 amide bonds. The Kier molecular flexibility index (Phi) is 6.84. The number of hydrogen-bond acceptors (Lipinski definition) is 3. The normalized spacial score (nSPS) is 10.6. The van der Waals surface area contributed by atoms with Crippen molar-refractivity contribution in [2.45, 2.75) is 13.2 Å². The Morgan fingerprint density at radius 1 is 0.871 bits per heavy atom. The standard InChI is InChI=1S/C24H19Br2N3O2/c25-20-7-11-23(12-8-20)31-16-18-1-5-19(6-2-18)24(30)28-22-9-3-17(4-10-22)14-29-15-21(26)13-27-29/h1-13,15H,14,16H2,(H,28,30). The quantitative estimate of drug-likeness (QED) is 0.300. The number of benzene rings is 3. The molecule has 0 saturated heterocycles. The summed E-state index contributed by atoms with van der Waals surface area (Å²) in [6.45, 7) is 1.11. The molecule has 4 aromatic rings. The molecule has 7 heteroatoms. The summed E-state index contributed by atoms with van der Waals surface area (Å²) in [4.78, 5) is 12.5. The molecule has 0 aliphatic heterocycles. The molecule has 5 nitrogen and oxygen atoms in total. The van der Waals surface area contributed by atoms with E-state index >= 15 is 0 Å². The molecule has 1 aromatic heterocycles. The van der Waals surface area contributed by atoms with E-state index in [1.807, 2.05) is 71.5 Å². The molecule has 0 bridgehead atoms. The number of carbonyl (C=O) groups is 1. The number of hydrogen-bond donors (Lipinski definition) is 1. The molecule has 0 aliphatic rings. The minimum atomic E-state index is -0.149. The highest BCUT2D eigenvalue weighted by Crippen LogP contribution is 2.18. The Morgan fingerprint density at radius 2 is 1.55 bits per heavy atom. The summed E-state index contributed by atoms with van der Waals surface area (Å²) in [7, 11) is 0. The molecule has 4 rings (SSSR count). The van der Waals surface area contributed by atoms with E-state index in [1.54, 1.807) is 18.3 Å². The second kappa shape index (κ2) is 9.94. The molecule has 0 spiro atoms. The first-order valence-electron chi connectivity index (χ1n) is 9.61. The van der Waals surface area contributed by atoms with Gasteiger partial charge in [-0.1, -0.05) is 40.2 Å². The van der Waals surface area contributed by atoms with Gasteiger partial charge in [0.2, 0.25) is 0 Å². The van der Waals surface area contributed by atoms with Crippen molar-refractivity contribution < 1.29 is 9.53 Å². The lowest BCUT2D eigenvalue weighted by Crippen LogP contribution is -2.12. The lowest BCUT2D eigenvalue weighted by Gasteiger charge is -2.09. The van der Waals surface area contributed by atoms with Crippen LogP contribution >= 0.6 is 31.9 Å². The third-order valence-electron chi connectivity index (χ3n) is 4.59. The van der Waals surface area contributed by atoms with E-state index < -0.39 is 0 Å². The van der Waals surface area contributed by atoms with E-state index in [1.165, 1.54) is 0 Å². The van der Waals surface area contributed by atoms with Crippen LogP contribution in [0.15, 0.2) is 94.1 Å². The van der Waals surface area contributed by atoms with Gasteiger partial charge in [-0.15, -0.1) is 0 Å². The summed E-state index contributed by atoms with van der Waals surface area (Å²) in [5.74, 6) is 0.651. The second-order valence-electron chi connectivity index (χ2n) is 6.95. The van der Waals surface area contributed by atoms with Gasteiger partial charge in [-0.3, -0.25) is 9.48 Å². The van der Waals surface area contributed by atoms with Crippen molar-refractivity contribution >= 4 is 43.5 Å². The zero-order valence-electron chi connectivity index (χ0n) is 16.5. The highest BCUT2D eigenvalue weighted by molar-refractivity contribution is 9.10. The largest absolute Gasteiger partial charge is 0.489 e. The first-order valence-corrected chi connectivity index (χ1v) is 11.2. The summed E-state index contributed by atoms with van der Waals surface area (Å²) in [6, 6.07) is 22.9. The molecule has 0 atom stereocenters. The lowest BCUT2D eigenvalue weighted by atomic mass is 10.1. The van der Waals surface area contributed by atoms with E-state index in [4.69, 9.17) is 4.74 Å². The fourth-order valence-corrected chi connectivity index (χ4v) is 3.55.